The SMILES string of the molecule is CC(CCNC(=O)O)N1CCC(N2C(=O)N(c3ccccc3N)CC2c2ccccc2)CC1. The molecule has 2 fully saturated rings. The van der Waals surface area contributed by atoms with Gasteiger partial charge in [-0.05, 0) is 43.9 Å². The number of carbonyl (C=O) groups is 2. The molecule has 2 aliphatic rings. The Morgan fingerprint density at radius 2 is 1.79 bits per heavy atom. The lowest BCUT2D eigenvalue weighted by atomic mass is 9.98. The van der Waals surface area contributed by atoms with Gasteiger partial charge in [-0.25, -0.2) is 9.59 Å². The number of piperidine rings is 1. The summed E-state index contributed by atoms with van der Waals surface area (Å²) in [5.74, 6) is 0. The van der Waals surface area contributed by atoms with Crippen LogP contribution in [0.5, 0.6) is 0 Å². The van der Waals surface area contributed by atoms with Gasteiger partial charge in [0.15, 0.2) is 0 Å². The Kier molecular flexibility index (Phi) is 7.03. The third-order valence-electron chi connectivity index (χ3n) is 6.91. The first-order valence-corrected chi connectivity index (χ1v) is 11.7. The minimum absolute atomic E-state index is 0.0129. The summed E-state index contributed by atoms with van der Waals surface area (Å²) < 4.78 is 0. The van der Waals surface area contributed by atoms with Gasteiger partial charge < -0.3 is 26.0 Å². The molecule has 33 heavy (non-hydrogen) atoms. The number of carbonyl (C=O) groups excluding carboxylic acids is 1. The van der Waals surface area contributed by atoms with Crippen molar-refractivity contribution in [3.8, 4) is 0 Å². The van der Waals surface area contributed by atoms with Gasteiger partial charge in [-0.3, -0.25) is 4.90 Å². The summed E-state index contributed by atoms with van der Waals surface area (Å²) in [4.78, 5) is 30.7. The van der Waals surface area contributed by atoms with Crippen molar-refractivity contribution in [1.82, 2.24) is 15.1 Å². The number of hydrogen-bond acceptors (Lipinski definition) is 4. The second kappa shape index (κ2) is 10.1. The molecule has 3 amide bonds. The van der Waals surface area contributed by atoms with E-state index >= 15 is 0 Å². The zero-order valence-corrected chi connectivity index (χ0v) is 19.1. The fourth-order valence-corrected chi connectivity index (χ4v) is 5.07. The molecule has 2 aliphatic heterocycles. The second-order valence-corrected chi connectivity index (χ2v) is 8.92. The van der Waals surface area contributed by atoms with Gasteiger partial charge in [0.25, 0.3) is 0 Å². The van der Waals surface area contributed by atoms with E-state index in [0.717, 1.165) is 43.6 Å². The van der Waals surface area contributed by atoms with Crippen LogP contribution < -0.4 is 16.0 Å². The molecule has 4 N–H and O–H groups in total. The molecule has 0 bridgehead atoms. The first-order chi connectivity index (χ1) is 16.0. The quantitative estimate of drug-likeness (QED) is 0.556. The van der Waals surface area contributed by atoms with E-state index < -0.39 is 6.09 Å². The number of benzene rings is 2. The lowest BCUT2D eigenvalue weighted by molar-refractivity contribution is 0.0934. The van der Waals surface area contributed by atoms with Crippen molar-refractivity contribution in [3.05, 3.63) is 60.2 Å². The molecule has 4 rings (SSSR count). The second-order valence-electron chi connectivity index (χ2n) is 8.92. The summed E-state index contributed by atoms with van der Waals surface area (Å²) in [6, 6.07) is 18.2. The number of urea groups is 1. The van der Waals surface area contributed by atoms with E-state index in [1.807, 2.05) is 47.4 Å². The van der Waals surface area contributed by atoms with Crippen molar-refractivity contribution in [1.29, 1.82) is 0 Å². The van der Waals surface area contributed by atoms with E-state index in [9.17, 15) is 9.59 Å². The fraction of sp³-hybridized carbons (Fsp3) is 0.440. The van der Waals surface area contributed by atoms with Gasteiger partial charge in [-0.15, -0.1) is 0 Å². The largest absolute Gasteiger partial charge is 0.465 e. The average Bonchev–Trinajstić information content (AvgIpc) is 3.16. The van der Waals surface area contributed by atoms with Gasteiger partial charge in [0.2, 0.25) is 0 Å². The number of anilines is 2. The molecule has 2 heterocycles. The van der Waals surface area contributed by atoms with Gasteiger partial charge in [-0.1, -0.05) is 42.5 Å². The zero-order valence-electron chi connectivity index (χ0n) is 19.1. The summed E-state index contributed by atoms with van der Waals surface area (Å²) in [5, 5.41) is 11.2. The zero-order chi connectivity index (χ0) is 23.4. The Morgan fingerprint density at radius 3 is 2.45 bits per heavy atom. The highest BCUT2D eigenvalue weighted by atomic mass is 16.4. The lowest BCUT2D eigenvalue weighted by Gasteiger charge is -2.41. The smallest absolute Gasteiger partial charge is 0.404 e. The Bertz CT molecular complexity index is 962. The molecule has 2 atom stereocenters. The first kappa shape index (κ1) is 22.9. The molecule has 0 spiro atoms. The number of nitrogens with zero attached hydrogens (tertiary/aromatic N) is 3. The van der Waals surface area contributed by atoms with Crippen LogP contribution in [0.1, 0.15) is 37.8 Å². The lowest BCUT2D eigenvalue weighted by Crippen LogP contribution is -2.49. The minimum atomic E-state index is -0.982. The molecular weight excluding hydrogens is 418 g/mol. The van der Waals surface area contributed by atoms with Gasteiger partial charge in [0.05, 0.1) is 24.0 Å². The topological polar surface area (TPSA) is 102 Å². The average molecular weight is 452 g/mol. The van der Waals surface area contributed by atoms with Crippen molar-refractivity contribution >= 4 is 23.5 Å². The number of likely N-dealkylation sites (tertiary alicyclic amines) is 1. The fourth-order valence-electron chi connectivity index (χ4n) is 5.07. The van der Waals surface area contributed by atoms with Gasteiger partial charge in [-0.2, -0.15) is 0 Å². The van der Waals surface area contributed by atoms with Gasteiger partial charge in [0.1, 0.15) is 0 Å². The number of hydrogen-bond donors (Lipinski definition) is 3. The Balaban J connectivity index is 1.48. The number of nitrogens with one attached hydrogen (secondary N) is 1. The van der Waals surface area contributed by atoms with E-state index in [2.05, 4.69) is 34.2 Å². The Morgan fingerprint density at radius 1 is 1.12 bits per heavy atom. The minimum Gasteiger partial charge on any atom is -0.465 e. The number of nitrogens with two attached hydrogens (primary N) is 1. The number of nitrogen functional groups attached to an aromatic ring is 1. The maximum Gasteiger partial charge on any atom is 0.404 e. The van der Waals surface area contributed by atoms with Crippen molar-refractivity contribution in [3.63, 3.8) is 0 Å². The number of amides is 3. The van der Waals surface area contributed by atoms with Crippen LogP contribution in [-0.2, 0) is 0 Å². The summed E-state index contributed by atoms with van der Waals surface area (Å²) in [5.41, 5.74) is 8.73. The molecule has 0 saturated carbocycles. The number of rotatable bonds is 7. The summed E-state index contributed by atoms with van der Waals surface area (Å²) in [7, 11) is 0. The van der Waals surface area contributed by atoms with Gasteiger partial charge >= 0.3 is 12.1 Å². The summed E-state index contributed by atoms with van der Waals surface area (Å²) in [6.07, 6.45) is 1.57. The predicted octanol–water partition coefficient (Wildman–Crippen LogP) is 3.76. The molecule has 176 valence electrons. The maximum atomic E-state index is 13.7. The van der Waals surface area contributed by atoms with Crippen LogP contribution in [0.15, 0.2) is 54.6 Å². The predicted molar refractivity (Wildman–Crippen MR) is 129 cm³/mol. The van der Waals surface area contributed by atoms with Crippen LogP contribution in [0.4, 0.5) is 21.0 Å². The molecule has 8 nitrogen and oxygen atoms in total. The highest BCUT2D eigenvalue weighted by Gasteiger charge is 2.44. The van der Waals surface area contributed by atoms with Gasteiger partial charge in [0, 0.05) is 31.7 Å². The van der Waals surface area contributed by atoms with Crippen molar-refractivity contribution < 1.29 is 14.7 Å². The molecule has 0 radical (unpaired) electrons. The molecule has 2 aromatic rings. The monoisotopic (exact) mass is 451 g/mol. The molecule has 2 aromatic carbocycles. The maximum absolute atomic E-state index is 13.7. The molecule has 2 saturated heterocycles. The van der Waals surface area contributed by atoms with E-state index in [4.69, 9.17) is 10.8 Å². The van der Waals surface area contributed by atoms with E-state index in [0.29, 0.717) is 18.8 Å². The van der Waals surface area contributed by atoms with Crippen LogP contribution in [0.2, 0.25) is 0 Å². The van der Waals surface area contributed by atoms with E-state index in [1.165, 1.54) is 0 Å². The molecule has 2 unspecified atom stereocenters. The van der Waals surface area contributed by atoms with Crippen molar-refractivity contribution in [2.75, 3.05) is 36.8 Å². The molecular formula is C25H33N5O3. The standard InChI is InChI=1S/C25H33N5O3/c1-18(11-14-27-24(31)32)28-15-12-20(13-16-28)30-23(19-7-3-2-4-8-19)17-29(25(30)33)22-10-6-5-9-21(22)26/h2-10,18,20,23,27H,11-17,26H2,1H3,(H,31,32). The van der Waals surface area contributed by atoms with E-state index in [-0.39, 0.29) is 24.2 Å². The third kappa shape index (κ3) is 5.06. The summed E-state index contributed by atoms with van der Waals surface area (Å²) in [6.45, 7) is 4.94. The van der Waals surface area contributed by atoms with Crippen LogP contribution in [-0.4, -0.2) is 65.3 Å². The summed E-state index contributed by atoms with van der Waals surface area (Å²) >= 11 is 0. The third-order valence-corrected chi connectivity index (χ3v) is 6.91. The first-order valence-electron chi connectivity index (χ1n) is 11.7. The number of carboxylic acid groups (broad SMARTS) is 1. The Labute approximate surface area is 195 Å². The molecule has 0 aromatic heterocycles. The van der Waals surface area contributed by atoms with E-state index in [1.54, 1.807) is 0 Å². The van der Waals surface area contributed by atoms with Crippen LogP contribution in [0, 0.1) is 0 Å². The van der Waals surface area contributed by atoms with Crippen LogP contribution in [0.3, 0.4) is 0 Å². The number of para-hydroxylation sites is 2. The molecule has 0 aliphatic carbocycles. The van der Waals surface area contributed by atoms with Crippen molar-refractivity contribution in [2.45, 2.75) is 44.3 Å². The van der Waals surface area contributed by atoms with Crippen LogP contribution >= 0.6 is 0 Å². The highest BCUT2D eigenvalue weighted by Crippen LogP contribution is 2.38. The van der Waals surface area contributed by atoms with Crippen molar-refractivity contribution in [2.24, 2.45) is 0 Å². The Hall–Kier alpha value is -3.26. The highest BCUT2D eigenvalue weighted by molar-refractivity contribution is 5.97. The normalized spacial score (nSPS) is 20.8. The van der Waals surface area contributed by atoms with Crippen LogP contribution in [0.25, 0.3) is 0 Å². The molecule has 8 heteroatoms.